The van der Waals surface area contributed by atoms with E-state index in [2.05, 4.69) is 9.97 Å². The van der Waals surface area contributed by atoms with Gasteiger partial charge in [0.05, 0.1) is 0 Å². The summed E-state index contributed by atoms with van der Waals surface area (Å²) in [4.78, 5) is 6.93. The van der Waals surface area contributed by atoms with Crippen molar-refractivity contribution < 1.29 is 9.50 Å². The van der Waals surface area contributed by atoms with Crippen molar-refractivity contribution in [2.45, 2.75) is 5.16 Å². The minimum atomic E-state index is -0.982. The van der Waals surface area contributed by atoms with E-state index in [9.17, 15) is 4.39 Å². The first-order valence-corrected chi connectivity index (χ1v) is 4.21. The number of thioether (sulfide) groups is 1. The van der Waals surface area contributed by atoms with Crippen LogP contribution in [0.3, 0.4) is 0 Å². The molecule has 1 N–H and O–H groups in total. The lowest BCUT2D eigenvalue weighted by Crippen LogP contribution is -1.91. The van der Waals surface area contributed by atoms with E-state index in [0.29, 0.717) is 0 Å². The molecule has 0 aliphatic rings. The van der Waals surface area contributed by atoms with Gasteiger partial charge in [0.15, 0.2) is 10.3 Å². The molecule has 0 fully saturated rings. The van der Waals surface area contributed by atoms with Crippen LogP contribution in [0.25, 0.3) is 0 Å². The molecule has 1 heterocycles. The smallest absolute Gasteiger partial charge is 0.253 e. The molecule has 0 atom stereocenters. The summed E-state index contributed by atoms with van der Waals surface area (Å²) in [6, 6.07) is 0. The Morgan fingerprint density at radius 2 is 2.18 bits per heavy atom. The summed E-state index contributed by atoms with van der Waals surface area (Å²) in [5, 5.41) is 8.67. The Labute approximate surface area is 71.6 Å². The molecule has 0 bridgehead atoms. The topological polar surface area (TPSA) is 46.0 Å². The van der Waals surface area contributed by atoms with Crippen LogP contribution < -0.4 is 0 Å². The van der Waals surface area contributed by atoms with Gasteiger partial charge in [-0.2, -0.15) is 9.37 Å². The van der Waals surface area contributed by atoms with Gasteiger partial charge in [0, 0.05) is 0 Å². The lowest BCUT2D eigenvalue weighted by molar-refractivity contribution is 0.402. The predicted octanol–water partition coefficient (Wildman–Crippen LogP) is 1.70. The van der Waals surface area contributed by atoms with Crippen LogP contribution in [0.15, 0.2) is 5.16 Å². The molecular weight excluding hydrogens is 191 g/mol. The number of halogens is 2. The maximum Gasteiger partial charge on any atom is 0.253 e. The normalized spacial score (nSPS) is 10.1. The van der Waals surface area contributed by atoms with Gasteiger partial charge in [-0.1, -0.05) is 23.4 Å². The van der Waals surface area contributed by atoms with Gasteiger partial charge in [-0.25, -0.2) is 4.98 Å². The quantitative estimate of drug-likeness (QED) is 0.420. The number of nitrogens with zero attached hydrogens (tertiary/aromatic N) is 2. The fraction of sp³-hybridized carbons (Fsp3) is 0.200. The van der Waals surface area contributed by atoms with Crippen molar-refractivity contribution in [1.82, 2.24) is 9.97 Å². The second kappa shape index (κ2) is 3.23. The van der Waals surface area contributed by atoms with Gasteiger partial charge in [-0.15, -0.1) is 0 Å². The van der Waals surface area contributed by atoms with E-state index in [1.165, 1.54) is 11.8 Å². The number of aromatic hydroxyl groups is 1. The van der Waals surface area contributed by atoms with Crippen molar-refractivity contribution in [3.05, 3.63) is 11.0 Å². The van der Waals surface area contributed by atoms with Crippen LogP contribution >= 0.6 is 23.4 Å². The lowest BCUT2D eigenvalue weighted by atomic mass is 10.6. The first kappa shape index (κ1) is 8.55. The molecule has 0 amide bonds. The summed E-state index contributed by atoms with van der Waals surface area (Å²) in [5.74, 6) is -1.70. The molecule has 0 radical (unpaired) electrons. The van der Waals surface area contributed by atoms with E-state index in [4.69, 9.17) is 16.7 Å². The molecule has 0 aromatic carbocycles. The number of hydrogen-bond donors (Lipinski definition) is 1. The third kappa shape index (κ3) is 1.72. The van der Waals surface area contributed by atoms with Crippen molar-refractivity contribution in [2.24, 2.45) is 0 Å². The summed E-state index contributed by atoms with van der Waals surface area (Å²) < 4.78 is 12.5. The minimum absolute atomic E-state index is 0.244. The summed E-state index contributed by atoms with van der Waals surface area (Å²) in [5.41, 5.74) is 0. The summed E-state index contributed by atoms with van der Waals surface area (Å²) in [7, 11) is 0. The van der Waals surface area contributed by atoms with Crippen LogP contribution in [0.5, 0.6) is 5.88 Å². The largest absolute Gasteiger partial charge is 0.491 e. The average Bonchev–Trinajstić information content (AvgIpc) is 1.99. The van der Waals surface area contributed by atoms with E-state index < -0.39 is 11.7 Å². The minimum Gasteiger partial charge on any atom is -0.491 e. The van der Waals surface area contributed by atoms with E-state index >= 15 is 0 Å². The summed E-state index contributed by atoms with van der Waals surface area (Å²) >= 11 is 6.47. The number of hydrogen-bond acceptors (Lipinski definition) is 4. The van der Waals surface area contributed by atoms with Gasteiger partial charge in [0.25, 0.3) is 5.88 Å². The zero-order valence-electron chi connectivity index (χ0n) is 5.51. The maximum absolute atomic E-state index is 12.5. The highest BCUT2D eigenvalue weighted by Gasteiger charge is 2.10. The van der Waals surface area contributed by atoms with Crippen molar-refractivity contribution in [3.8, 4) is 5.88 Å². The fourth-order valence-electron chi connectivity index (χ4n) is 0.481. The van der Waals surface area contributed by atoms with Gasteiger partial charge in [0.2, 0.25) is 5.82 Å². The zero-order valence-corrected chi connectivity index (χ0v) is 7.08. The molecule has 0 aliphatic heterocycles. The Balaban J connectivity index is 3.21. The Bertz CT molecular complexity index is 260. The molecular formula is C5H4ClFN2OS. The van der Waals surface area contributed by atoms with Crippen LogP contribution in [0.4, 0.5) is 4.39 Å². The highest BCUT2D eigenvalue weighted by molar-refractivity contribution is 7.98. The lowest BCUT2D eigenvalue weighted by Gasteiger charge is -1.98. The van der Waals surface area contributed by atoms with Crippen molar-refractivity contribution in [3.63, 3.8) is 0 Å². The number of aromatic nitrogens is 2. The predicted molar refractivity (Wildman–Crippen MR) is 40.4 cm³/mol. The zero-order chi connectivity index (χ0) is 8.43. The molecule has 11 heavy (non-hydrogen) atoms. The molecule has 6 heteroatoms. The Kier molecular flexibility index (Phi) is 2.51. The Morgan fingerprint density at radius 1 is 1.55 bits per heavy atom. The van der Waals surface area contributed by atoms with Crippen molar-refractivity contribution >= 4 is 23.4 Å². The molecule has 1 rings (SSSR count). The van der Waals surface area contributed by atoms with Gasteiger partial charge >= 0.3 is 0 Å². The monoisotopic (exact) mass is 194 g/mol. The highest BCUT2D eigenvalue weighted by atomic mass is 35.5. The van der Waals surface area contributed by atoms with Crippen LogP contribution in [-0.4, -0.2) is 21.3 Å². The van der Waals surface area contributed by atoms with Crippen LogP contribution in [0, 0.1) is 5.82 Å². The van der Waals surface area contributed by atoms with Gasteiger partial charge < -0.3 is 5.11 Å². The van der Waals surface area contributed by atoms with Crippen LogP contribution in [0.2, 0.25) is 5.15 Å². The van der Waals surface area contributed by atoms with Crippen LogP contribution in [-0.2, 0) is 0 Å². The SMILES string of the molecule is CSc1nc(O)c(F)c(Cl)n1. The van der Waals surface area contributed by atoms with Gasteiger partial charge in [0.1, 0.15) is 0 Å². The van der Waals surface area contributed by atoms with E-state index in [-0.39, 0.29) is 10.3 Å². The summed E-state index contributed by atoms with van der Waals surface area (Å²) in [6.07, 6.45) is 1.70. The third-order valence-electron chi connectivity index (χ3n) is 0.955. The van der Waals surface area contributed by atoms with E-state index in [0.717, 1.165) is 0 Å². The van der Waals surface area contributed by atoms with E-state index in [1.807, 2.05) is 0 Å². The first-order chi connectivity index (χ1) is 5.15. The fourth-order valence-corrected chi connectivity index (χ4v) is 1.06. The van der Waals surface area contributed by atoms with E-state index in [1.54, 1.807) is 6.26 Å². The number of rotatable bonds is 1. The van der Waals surface area contributed by atoms with Gasteiger partial charge in [-0.05, 0) is 6.26 Å². The molecule has 1 aromatic rings. The summed E-state index contributed by atoms with van der Waals surface area (Å²) in [6.45, 7) is 0. The third-order valence-corrected chi connectivity index (χ3v) is 1.75. The molecule has 1 aromatic heterocycles. The van der Waals surface area contributed by atoms with Crippen molar-refractivity contribution in [2.75, 3.05) is 6.26 Å². The average molecular weight is 195 g/mol. The Hall–Kier alpha value is -0.550. The molecule has 0 unspecified atom stereocenters. The van der Waals surface area contributed by atoms with Crippen LogP contribution in [0.1, 0.15) is 0 Å². The van der Waals surface area contributed by atoms with Gasteiger partial charge in [-0.3, -0.25) is 0 Å². The van der Waals surface area contributed by atoms with Crippen molar-refractivity contribution in [1.29, 1.82) is 0 Å². The second-order valence-corrected chi connectivity index (χ2v) is 2.77. The molecule has 0 aliphatic carbocycles. The maximum atomic E-state index is 12.5. The first-order valence-electron chi connectivity index (χ1n) is 2.61. The molecule has 3 nitrogen and oxygen atoms in total. The standard InChI is InChI=1S/C5H4ClFN2OS/c1-11-5-8-3(6)2(7)4(10)9-5/h1H3,(H,8,9,10). The molecule has 0 saturated carbocycles. The highest BCUT2D eigenvalue weighted by Crippen LogP contribution is 2.22. The molecule has 60 valence electrons. The second-order valence-electron chi connectivity index (χ2n) is 1.64. The molecule has 0 spiro atoms. The Morgan fingerprint density at radius 3 is 2.64 bits per heavy atom. The molecule has 0 saturated heterocycles.